The van der Waals surface area contributed by atoms with Gasteiger partial charge in [0.2, 0.25) is 0 Å². The van der Waals surface area contributed by atoms with E-state index < -0.39 is 0 Å². The van der Waals surface area contributed by atoms with E-state index in [1.807, 2.05) is 25.5 Å². The number of ether oxygens (including phenoxy) is 1. The molecule has 2 aromatic heterocycles. The summed E-state index contributed by atoms with van der Waals surface area (Å²) in [6, 6.07) is 9.14. The van der Waals surface area contributed by atoms with E-state index in [0.717, 1.165) is 16.7 Å². The molecule has 0 aliphatic heterocycles. The molecule has 7 nitrogen and oxygen atoms in total. The number of nitrogens with zero attached hydrogens (tertiary/aromatic N) is 3. The second-order valence-corrected chi connectivity index (χ2v) is 6.35. The Labute approximate surface area is 152 Å². The minimum absolute atomic E-state index is 0.166. The van der Waals surface area contributed by atoms with Crippen molar-refractivity contribution in [1.29, 1.82) is 0 Å². The normalized spacial score (nSPS) is 11.1. The number of amides is 1. The second-order valence-electron chi connectivity index (χ2n) is 6.35. The van der Waals surface area contributed by atoms with Crippen LogP contribution in [0.25, 0.3) is 11.0 Å². The van der Waals surface area contributed by atoms with Gasteiger partial charge in [0.05, 0.1) is 17.1 Å². The zero-order valence-electron chi connectivity index (χ0n) is 15.2. The summed E-state index contributed by atoms with van der Waals surface area (Å²) in [5.74, 6) is 0.522. The van der Waals surface area contributed by atoms with E-state index >= 15 is 0 Å². The molecule has 0 bridgehead atoms. The van der Waals surface area contributed by atoms with Crippen molar-refractivity contribution in [2.45, 2.75) is 26.8 Å². The van der Waals surface area contributed by atoms with Gasteiger partial charge in [0, 0.05) is 24.0 Å². The van der Waals surface area contributed by atoms with Crippen molar-refractivity contribution in [2.24, 2.45) is 5.73 Å². The van der Waals surface area contributed by atoms with Crippen LogP contribution >= 0.6 is 0 Å². The lowest BCUT2D eigenvalue weighted by molar-refractivity contribution is 0.102. The molecule has 0 saturated heterocycles. The quantitative estimate of drug-likeness (QED) is 0.710. The third-order valence-electron chi connectivity index (χ3n) is 3.93. The number of nitrogens with one attached hydrogen (secondary N) is 1. The molecule has 2 heterocycles. The number of aromatic nitrogens is 3. The van der Waals surface area contributed by atoms with E-state index in [9.17, 15) is 4.79 Å². The fraction of sp³-hybridized carbons (Fsp3) is 0.316. The Morgan fingerprint density at radius 2 is 2.04 bits per heavy atom. The topological polar surface area (TPSA) is 95.1 Å². The van der Waals surface area contributed by atoms with Crippen molar-refractivity contribution in [3.05, 3.63) is 47.8 Å². The SMILES string of the molecule is Cc1cc(C(=O)Nc2ccc(OCCN)cc2)c2cnn(C(C)C)c2n1. The van der Waals surface area contributed by atoms with Crippen LogP contribution in [0, 0.1) is 6.92 Å². The third-order valence-corrected chi connectivity index (χ3v) is 3.93. The Morgan fingerprint density at radius 1 is 1.31 bits per heavy atom. The maximum Gasteiger partial charge on any atom is 0.256 e. The van der Waals surface area contributed by atoms with E-state index in [1.165, 1.54) is 0 Å². The predicted octanol–water partition coefficient (Wildman–Crippen LogP) is 2.91. The number of carbonyl (C=O) groups excluding carboxylic acids is 1. The smallest absolute Gasteiger partial charge is 0.256 e. The van der Waals surface area contributed by atoms with Crippen molar-refractivity contribution in [3.8, 4) is 5.75 Å². The highest BCUT2D eigenvalue weighted by Crippen LogP contribution is 2.23. The van der Waals surface area contributed by atoms with Crippen LogP contribution in [0.3, 0.4) is 0 Å². The highest BCUT2D eigenvalue weighted by atomic mass is 16.5. The molecule has 0 fully saturated rings. The summed E-state index contributed by atoms with van der Waals surface area (Å²) < 4.78 is 7.26. The first-order chi connectivity index (χ1) is 12.5. The summed E-state index contributed by atoms with van der Waals surface area (Å²) in [4.78, 5) is 17.3. The van der Waals surface area contributed by atoms with Gasteiger partial charge in [0.1, 0.15) is 12.4 Å². The lowest BCUT2D eigenvalue weighted by Crippen LogP contribution is -2.13. The number of benzene rings is 1. The van der Waals surface area contributed by atoms with Gasteiger partial charge >= 0.3 is 0 Å². The van der Waals surface area contributed by atoms with Crippen LogP contribution in [0.15, 0.2) is 36.5 Å². The minimum atomic E-state index is -0.195. The predicted molar refractivity (Wildman–Crippen MR) is 102 cm³/mol. The lowest BCUT2D eigenvalue weighted by atomic mass is 10.1. The van der Waals surface area contributed by atoms with Gasteiger partial charge < -0.3 is 15.8 Å². The zero-order valence-corrected chi connectivity index (χ0v) is 15.2. The average Bonchev–Trinajstić information content (AvgIpc) is 3.04. The Balaban J connectivity index is 1.86. The van der Waals surface area contributed by atoms with Crippen molar-refractivity contribution in [1.82, 2.24) is 14.8 Å². The van der Waals surface area contributed by atoms with E-state index in [1.54, 1.807) is 36.5 Å². The molecule has 1 aromatic carbocycles. The molecular weight excluding hydrogens is 330 g/mol. The van der Waals surface area contributed by atoms with Crippen LogP contribution < -0.4 is 15.8 Å². The van der Waals surface area contributed by atoms with Crippen molar-refractivity contribution >= 4 is 22.6 Å². The van der Waals surface area contributed by atoms with Gasteiger partial charge in [-0.2, -0.15) is 5.10 Å². The van der Waals surface area contributed by atoms with E-state index in [-0.39, 0.29) is 11.9 Å². The number of carbonyl (C=O) groups is 1. The Hall–Kier alpha value is -2.93. The Morgan fingerprint density at radius 3 is 2.69 bits per heavy atom. The molecule has 0 spiro atoms. The zero-order chi connectivity index (χ0) is 18.7. The monoisotopic (exact) mass is 353 g/mol. The van der Waals surface area contributed by atoms with Crippen molar-refractivity contribution in [2.75, 3.05) is 18.5 Å². The maximum absolute atomic E-state index is 12.8. The number of pyridine rings is 1. The van der Waals surface area contributed by atoms with Crippen LogP contribution in [0.5, 0.6) is 5.75 Å². The van der Waals surface area contributed by atoms with Crippen LogP contribution in [0.2, 0.25) is 0 Å². The molecule has 0 aliphatic carbocycles. The first-order valence-electron chi connectivity index (χ1n) is 8.58. The van der Waals surface area contributed by atoms with Crippen molar-refractivity contribution in [3.63, 3.8) is 0 Å². The third kappa shape index (κ3) is 3.67. The molecule has 0 aliphatic rings. The molecule has 0 unspecified atom stereocenters. The second kappa shape index (κ2) is 7.53. The van der Waals surface area contributed by atoms with Gasteiger partial charge in [0.15, 0.2) is 5.65 Å². The van der Waals surface area contributed by atoms with E-state index in [2.05, 4.69) is 15.4 Å². The van der Waals surface area contributed by atoms with E-state index in [0.29, 0.717) is 30.2 Å². The largest absolute Gasteiger partial charge is 0.492 e. The number of aryl methyl sites for hydroxylation is 1. The molecule has 7 heteroatoms. The van der Waals surface area contributed by atoms with Gasteiger partial charge in [-0.3, -0.25) is 4.79 Å². The first-order valence-corrected chi connectivity index (χ1v) is 8.58. The summed E-state index contributed by atoms with van der Waals surface area (Å²) >= 11 is 0. The van der Waals surface area contributed by atoms with Crippen LogP contribution in [0.4, 0.5) is 5.69 Å². The molecule has 3 rings (SSSR count). The Bertz CT molecular complexity index is 916. The number of rotatable bonds is 6. The molecule has 0 radical (unpaired) electrons. The number of nitrogens with two attached hydrogens (primary N) is 1. The molecule has 26 heavy (non-hydrogen) atoms. The molecule has 1 amide bonds. The molecule has 0 saturated carbocycles. The molecular formula is C19H23N5O2. The van der Waals surface area contributed by atoms with Crippen LogP contribution in [0.1, 0.15) is 35.9 Å². The maximum atomic E-state index is 12.8. The summed E-state index contributed by atoms with van der Waals surface area (Å²) in [5, 5.41) is 8.03. The number of hydrogen-bond donors (Lipinski definition) is 2. The average molecular weight is 353 g/mol. The summed E-state index contributed by atoms with van der Waals surface area (Å²) in [7, 11) is 0. The highest BCUT2D eigenvalue weighted by molar-refractivity contribution is 6.12. The standard InChI is InChI=1S/C19H23N5O2/c1-12(2)24-18-17(11-21-24)16(10-13(3)22-18)19(25)23-14-4-6-15(7-5-14)26-9-8-20/h4-7,10-12H,8-9,20H2,1-3H3,(H,23,25). The number of hydrogen-bond acceptors (Lipinski definition) is 5. The summed E-state index contributed by atoms with van der Waals surface area (Å²) in [6.45, 7) is 6.85. The lowest BCUT2D eigenvalue weighted by Gasteiger charge is -2.10. The summed E-state index contributed by atoms with van der Waals surface area (Å²) in [5.41, 5.74) is 8.16. The van der Waals surface area contributed by atoms with Gasteiger partial charge in [-0.25, -0.2) is 9.67 Å². The van der Waals surface area contributed by atoms with Crippen LogP contribution in [-0.2, 0) is 0 Å². The number of anilines is 1. The summed E-state index contributed by atoms with van der Waals surface area (Å²) in [6.07, 6.45) is 1.69. The minimum Gasteiger partial charge on any atom is -0.492 e. The van der Waals surface area contributed by atoms with Gasteiger partial charge in [-0.15, -0.1) is 0 Å². The molecule has 3 aromatic rings. The molecule has 0 atom stereocenters. The Kier molecular flexibility index (Phi) is 5.18. The van der Waals surface area contributed by atoms with Crippen LogP contribution in [-0.4, -0.2) is 33.8 Å². The number of fused-ring (bicyclic) bond motifs is 1. The van der Waals surface area contributed by atoms with Crippen molar-refractivity contribution < 1.29 is 9.53 Å². The first kappa shape index (κ1) is 17.9. The highest BCUT2D eigenvalue weighted by Gasteiger charge is 2.17. The van der Waals surface area contributed by atoms with Gasteiger partial charge in [0.25, 0.3) is 5.91 Å². The van der Waals surface area contributed by atoms with Gasteiger partial charge in [-0.1, -0.05) is 0 Å². The molecule has 3 N–H and O–H groups in total. The van der Waals surface area contributed by atoms with Gasteiger partial charge in [-0.05, 0) is 51.1 Å². The fourth-order valence-electron chi connectivity index (χ4n) is 2.72. The fourth-order valence-corrected chi connectivity index (χ4v) is 2.72. The van der Waals surface area contributed by atoms with E-state index in [4.69, 9.17) is 10.5 Å². The molecule has 136 valence electrons.